The largest absolute Gasteiger partial charge is 4.00 e. The molecule has 15 heteroatoms. The van der Waals surface area contributed by atoms with E-state index in [1.165, 1.54) is 0 Å². The van der Waals surface area contributed by atoms with Gasteiger partial charge in [-0.3, -0.25) is 12.2 Å². The third-order valence-electron chi connectivity index (χ3n) is 1.74. The van der Waals surface area contributed by atoms with Gasteiger partial charge >= 0.3 is 36.9 Å². The van der Waals surface area contributed by atoms with E-state index >= 15 is 0 Å². The normalized spacial score (nSPS) is 14.8. The van der Waals surface area contributed by atoms with Gasteiger partial charge in [-0.25, -0.2) is 41.1 Å². The van der Waals surface area contributed by atoms with Crippen molar-refractivity contribution in [3.63, 3.8) is 0 Å². The topological polar surface area (TPSA) is 114 Å². The summed E-state index contributed by atoms with van der Waals surface area (Å²) in [6.07, 6.45) is 20.0. The van der Waals surface area contributed by atoms with Crippen LogP contribution in [-0.4, -0.2) is 37.0 Å². The van der Waals surface area contributed by atoms with Crippen molar-refractivity contribution in [2.75, 3.05) is 0 Å². The second kappa shape index (κ2) is 13.4. The van der Waals surface area contributed by atoms with Gasteiger partial charge in [0, 0.05) is 0 Å². The first-order chi connectivity index (χ1) is 11.5. The minimum atomic E-state index is -6.09. The van der Waals surface area contributed by atoms with Crippen LogP contribution in [0.2, 0.25) is 0 Å². The third kappa shape index (κ3) is 18.4. The SMILES string of the molecule is O=S(=O)([O-])C(F)(F)F.O=S(=O)([O-])C(F)(F)F.[C-]1=CC=CC1.[C-]1=CC=CC1.[Hf+4]. The Morgan fingerprint density at radius 3 is 0.963 bits per heavy atom. The van der Waals surface area contributed by atoms with Crippen molar-refractivity contribution in [1.82, 2.24) is 0 Å². The van der Waals surface area contributed by atoms with E-state index in [1.807, 2.05) is 24.3 Å². The molecule has 0 saturated heterocycles. The molecular weight excluding hydrogens is 597 g/mol. The van der Waals surface area contributed by atoms with E-state index in [0.29, 0.717) is 0 Å². The number of allylic oxidation sites excluding steroid dienone is 8. The molecular formula is C12H10F6HfO6S2. The second-order valence-corrected chi connectivity index (χ2v) is 6.55. The fourth-order valence-corrected chi connectivity index (χ4v) is 0.680. The molecule has 2 rings (SSSR count). The van der Waals surface area contributed by atoms with E-state index in [-0.39, 0.29) is 25.8 Å². The summed E-state index contributed by atoms with van der Waals surface area (Å²) >= 11 is 0. The smallest absolute Gasteiger partial charge is 0.741 e. The molecule has 6 nitrogen and oxygen atoms in total. The summed E-state index contributed by atoms with van der Waals surface area (Å²) in [7, 11) is -12.2. The molecule has 0 unspecified atom stereocenters. The van der Waals surface area contributed by atoms with Gasteiger partial charge in [-0.2, -0.15) is 38.5 Å². The van der Waals surface area contributed by atoms with Gasteiger partial charge < -0.3 is 9.11 Å². The van der Waals surface area contributed by atoms with Crippen LogP contribution in [0.1, 0.15) is 12.8 Å². The molecule has 152 valence electrons. The molecule has 0 fully saturated rings. The summed E-state index contributed by atoms with van der Waals surface area (Å²) in [5, 5.41) is 0. The Hall–Kier alpha value is -0.770. The van der Waals surface area contributed by atoms with Gasteiger partial charge in [0.1, 0.15) is 0 Å². The van der Waals surface area contributed by atoms with E-state index in [0.717, 1.165) is 12.8 Å². The fraction of sp³-hybridized carbons (Fsp3) is 0.333. The van der Waals surface area contributed by atoms with Crippen molar-refractivity contribution < 1.29 is 78.1 Å². The monoisotopic (exact) mass is 608 g/mol. The van der Waals surface area contributed by atoms with Crippen molar-refractivity contribution in [1.29, 1.82) is 0 Å². The molecule has 0 bridgehead atoms. The zero-order valence-corrected chi connectivity index (χ0v) is 18.1. The first-order valence-electron chi connectivity index (χ1n) is 5.98. The van der Waals surface area contributed by atoms with E-state index in [2.05, 4.69) is 24.3 Å². The molecule has 0 aliphatic heterocycles. The van der Waals surface area contributed by atoms with Gasteiger partial charge in [-0.15, -0.1) is 12.8 Å². The van der Waals surface area contributed by atoms with Crippen LogP contribution in [0.25, 0.3) is 0 Å². The molecule has 0 aromatic carbocycles. The predicted octanol–water partition coefficient (Wildman–Crippen LogP) is 2.71. The van der Waals surface area contributed by atoms with E-state index in [4.69, 9.17) is 25.9 Å². The standard InChI is InChI=1S/2C5H5.2CHF3O3S.Hf/c2*1-2-4-5-3-1;2*2-1(3,4)8(5,6)7;/h2*1-3H,4H2;2*(H,5,6,7);/q2*-1;;;+4/p-2. The average Bonchev–Trinajstić information content (AvgIpc) is 3.15. The Morgan fingerprint density at radius 1 is 0.704 bits per heavy atom. The fourth-order valence-electron chi connectivity index (χ4n) is 0.680. The van der Waals surface area contributed by atoms with Gasteiger partial charge in [-0.05, 0) is 0 Å². The number of alkyl halides is 6. The Kier molecular flexibility index (Phi) is 15.4. The maximum Gasteiger partial charge on any atom is 4.00 e. The first kappa shape index (κ1) is 30.9. The van der Waals surface area contributed by atoms with E-state index in [9.17, 15) is 26.3 Å². The summed E-state index contributed by atoms with van der Waals surface area (Å²) in [4.78, 5) is 0. The van der Waals surface area contributed by atoms with Gasteiger partial charge in [0.2, 0.25) is 0 Å². The molecule has 0 atom stereocenters. The maximum atomic E-state index is 10.7. The molecule has 0 amide bonds. The van der Waals surface area contributed by atoms with Crippen molar-refractivity contribution >= 4 is 20.2 Å². The van der Waals surface area contributed by atoms with Crippen LogP contribution in [0.15, 0.2) is 36.5 Å². The average molecular weight is 607 g/mol. The molecule has 0 saturated carbocycles. The van der Waals surface area contributed by atoms with Gasteiger partial charge in [0.15, 0.2) is 20.2 Å². The number of hydrogen-bond acceptors (Lipinski definition) is 6. The maximum absolute atomic E-state index is 10.7. The van der Waals surface area contributed by atoms with Crippen LogP contribution >= 0.6 is 0 Å². The molecule has 0 spiro atoms. The van der Waals surface area contributed by atoms with Crippen LogP contribution in [-0.2, 0) is 46.1 Å². The quantitative estimate of drug-likeness (QED) is 0.138. The Balaban J connectivity index is -0.000000286. The first-order valence-corrected chi connectivity index (χ1v) is 8.79. The molecule has 0 heterocycles. The van der Waals surface area contributed by atoms with Gasteiger partial charge in [-0.1, -0.05) is 0 Å². The third-order valence-corrected chi connectivity index (χ3v) is 2.87. The van der Waals surface area contributed by atoms with Crippen molar-refractivity contribution in [2.24, 2.45) is 0 Å². The van der Waals surface area contributed by atoms with Crippen LogP contribution in [0.4, 0.5) is 26.3 Å². The predicted molar refractivity (Wildman–Crippen MR) is 74.6 cm³/mol. The minimum absolute atomic E-state index is 0. The van der Waals surface area contributed by atoms with Crippen LogP contribution in [0, 0.1) is 12.2 Å². The minimum Gasteiger partial charge on any atom is -0.741 e. The summed E-state index contributed by atoms with van der Waals surface area (Å²) in [5.74, 6) is 0. The Labute approximate surface area is 170 Å². The number of hydrogen-bond donors (Lipinski definition) is 0. The van der Waals surface area contributed by atoms with E-state index < -0.39 is 31.3 Å². The Bertz CT molecular complexity index is 649. The summed E-state index contributed by atoms with van der Waals surface area (Å²) in [6.45, 7) is 0. The summed E-state index contributed by atoms with van der Waals surface area (Å²) in [5.41, 5.74) is -11.3. The second-order valence-electron chi connectivity index (χ2n) is 3.81. The molecule has 0 radical (unpaired) electrons. The summed E-state index contributed by atoms with van der Waals surface area (Å²) in [6, 6.07) is 0. The molecule has 0 N–H and O–H groups in total. The van der Waals surface area contributed by atoms with Crippen LogP contribution in [0.3, 0.4) is 0 Å². The van der Waals surface area contributed by atoms with Crippen LogP contribution < -0.4 is 0 Å². The summed E-state index contributed by atoms with van der Waals surface area (Å²) < 4.78 is 118. The number of halogens is 6. The van der Waals surface area contributed by atoms with E-state index in [1.54, 1.807) is 0 Å². The van der Waals surface area contributed by atoms with Gasteiger partial charge in [0.05, 0.1) is 0 Å². The molecule has 2 aliphatic rings. The molecule has 27 heavy (non-hydrogen) atoms. The van der Waals surface area contributed by atoms with Crippen molar-refractivity contribution in [3.8, 4) is 0 Å². The van der Waals surface area contributed by atoms with Crippen LogP contribution in [0.5, 0.6) is 0 Å². The van der Waals surface area contributed by atoms with Crippen molar-refractivity contribution in [3.05, 3.63) is 48.6 Å². The molecule has 0 aromatic heterocycles. The zero-order valence-electron chi connectivity index (χ0n) is 12.9. The van der Waals surface area contributed by atoms with Crippen molar-refractivity contribution in [2.45, 2.75) is 23.9 Å². The zero-order chi connectivity index (χ0) is 21.1. The Morgan fingerprint density at radius 2 is 0.926 bits per heavy atom. The van der Waals surface area contributed by atoms with Gasteiger partial charge in [0.25, 0.3) is 0 Å². The number of rotatable bonds is 0. The molecule has 2 aliphatic carbocycles. The molecule has 0 aromatic rings.